The lowest BCUT2D eigenvalue weighted by atomic mass is 10.1. The fourth-order valence-electron chi connectivity index (χ4n) is 2.71. The van der Waals surface area contributed by atoms with E-state index in [1.54, 1.807) is 12.1 Å². The molecule has 0 spiro atoms. The van der Waals surface area contributed by atoms with Gasteiger partial charge in [0, 0.05) is 43.5 Å². The lowest BCUT2D eigenvalue weighted by Gasteiger charge is -2.29. The molecular weight excluding hydrogens is 495 g/mol. The van der Waals surface area contributed by atoms with E-state index in [1.165, 1.54) is 0 Å². The summed E-state index contributed by atoms with van der Waals surface area (Å²) in [6.45, 7) is 0.625. The normalized spacial score (nSPS) is 13.7. The molecule has 31 heavy (non-hydrogen) atoms. The summed E-state index contributed by atoms with van der Waals surface area (Å²) in [5.41, 5.74) is 7.48. The second-order valence-electron chi connectivity index (χ2n) is 6.75. The molecule has 0 aliphatic carbocycles. The number of nitrogens with one attached hydrogen (secondary N) is 1. The molecule has 15 heteroatoms. The number of carbonyl (C=O) groups excluding carboxylic acids is 1. The van der Waals surface area contributed by atoms with E-state index in [0.717, 1.165) is 11.3 Å². The minimum atomic E-state index is -5.58. The molecule has 0 aromatic heterocycles. The molecule has 1 aromatic rings. The summed E-state index contributed by atoms with van der Waals surface area (Å²) in [6.07, 6.45) is -0.927. The Morgan fingerprint density at radius 2 is 1.55 bits per heavy atom. The molecule has 0 radical (unpaired) electrons. The van der Waals surface area contributed by atoms with Crippen molar-refractivity contribution < 1.29 is 38.6 Å². The van der Waals surface area contributed by atoms with E-state index in [9.17, 15) is 19.0 Å². The van der Waals surface area contributed by atoms with Gasteiger partial charge < -0.3 is 40.6 Å². The average Bonchev–Trinajstić information content (AvgIpc) is 2.66. The number of aliphatic hydroxyl groups is 1. The van der Waals surface area contributed by atoms with Gasteiger partial charge in [-0.3, -0.25) is 13.9 Å². The number of hydrogen-bond donors (Lipinski definition) is 7. The third-order valence-corrected chi connectivity index (χ3v) is 8.71. The first-order valence-electron chi connectivity index (χ1n) is 9.09. The molecule has 0 aliphatic heterocycles. The summed E-state index contributed by atoms with van der Waals surface area (Å²) in [6, 6.07) is 6.18. The second kappa shape index (κ2) is 12.0. The largest absolute Gasteiger partial charge is 0.369 e. The van der Waals surface area contributed by atoms with Crippen LogP contribution in [0.15, 0.2) is 24.3 Å². The van der Waals surface area contributed by atoms with Crippen LogP contribution in [-0.4, -0.2) is 73.1 Å². The molecule has 8 N–H and O–H groups in total. The second-order valence-corrected chi connectivity index (χ2v) is 11.5. The van der Waals surface area contributed by atoms with Gasteiger partial charge in [0.25, 0.3) is 5.08 Å². The van der Waals surface area contributed by atoms with Crippen molar-refractivity contribution >= 4 is 50.0 Å². The molecular formula is C16H27Cl2N3O8P2. The number of carbonyl (C=O) groups is 1. The van der Waals surface area contributed by atoms with Gasteiger partial charge >= 0.3 is 15.2 Å². The van der Waals surface area contributed by atoms with Crippen molar-refractivity contribution in [2.75, 3.05) is 36.3 Å². The number of halogens is 2. The van der Waals surface area contributed by atoms with Gasteiger partial charge in [-0.1, -0.05) is 12.1 Å². The Bertz CT molecular complexity index is 790. The first-order chi connectivity index (χ1) is 14.3. The third kappa shape index (κ3) is 7.98. The Morgan fingerprint density at radius 3 is 1.97 bits per heavy atom. The minimum Gasteiger partial charge on any atom is -0.369 e. The molecule has 178 valence electrons. The van der Waals surface area contributed by atoms with Crippen molar-refractivity contribution in [3.05, 3.63) is 29.8 Å². The predicted molar refractivity (Wildman–Crippen MR) is 118 cm³/mol. The van der Waals surface area contributed by atoms with Gasteiger partial charge in [-0.15, -0.1) is 23.2 Å². The molecule has 1 rings (SSSR count). The topological polar surface area (TPSA) is 194 Å². The first kappa shape index (κ1) is 28.3. The van der Waals surface area contributed by atoms with Gasteiger partial charge in [-0.05, 0) is 24.1 Å². The van der Waals surface area contributed by atoms with Crippen molar-refractivity contribution in [2.45, 2.75) is 24.0 Å². The van der Waals surface area contributed by atoms with Crippen LogP contribution in [0, 0.1) is 0 Å². The maximum Gasteiger partial charge on any atom is 0.369 e. The predicted octanol–water partition coefficient (Wildman–Crippen LogP) is 0.348. The van der Waals surface area contributed by atoms with Crippen molar-refractivity contribution in [1.82, 2.24) is 5.32 Å². The van der Waals surface area contributed by atoms with Crippen LogP contribution in [0.5, 0.6) is 0 Å². The summed E-state index contributed by atoms with van der Waals surface area (Å²) in [5, 5.41) is 8.41. The summed E-state index contributed by atoms with van der Waals surface area (Å²) < 4.78 is 22.6. The van der Waals surface area contributed by atoms with Gasteiger partial charge in [0.05, 0.1) is 6.04 Å². The number of benzene rings is 1. The standard InChI is InChI=1S/C16H27Cl2N3O8P2/c17-6-9-21(10-7-18)13-3-1-12(2-4-13)11-14(19)15(22)20-8-5-16(23,30(24,25)26)31(27,28)29/h1-4,14,23H,5-11,19H2,(H,20,22)(H2,24,25,26)(H2,27,28,29)/t14-/m0/s1. The number of nitrogens with zero attached hydrogens (tertiary/aromatic N) is 1. The molecule has 0 unspecified atom stereocenters. The van der Waals surface area contributed by atoms with Gasteiger partial charge in [0.15, 0.2) is 0 Å². The summed E-state index contributed by atoms with van der Waals surface area (Å²) in [5.74, 6) is 0.153. The first-order valence-corrected chi connectivity index (χ1v) is 13.4. The van der Waals surface area contributed by atoms with Crippen molar-refractivity contribution in [3.8, 4) is 0 Å². The highest BCUT2D eigenvalue weighted by atomic mass is 35.5. The fraction of sp³-hybridized carbons (Fsp3) is 0.562. The van der Waals surface area contributed by atoms with E-state index in [2.05, 4.69) is 5.32 Å². The Hall–Kier alpha value is -0.710. The number of amides is 1. The molecule has 0 saturated carbocycles. The van der Waals surface area contributed by atoms with Crippen LogP contribution in [0.2, 0.25) is 0 Å². The highest BCUT2D eigenvalue weighted by Gasteiger charge is 2.58. The number of rotatable bonds is 13. The van der Waals surface area contributed by atoms with Crippen molar-refractivity contribution in [1.29, 1.82) is 0 Å². The molecule has 1 aromatic carbocycles. The van der Waals surface area contributed by atoms with Crippen LogP contribution in [-0.2, 0) is 20.3 Å². The van der Waals surface area contributed by atoms with Crippen molar-refractivity contribution in [3.63, 3.8) is 0 Å². The number of alkyl halides is 2. The summed E-state index contributed by atoms with van der Waals surface area (Å²) in [4.78, 5) is 50.5. The van der Waals surface area contributed by atoms with E-state index in [0.29, 0.717) is 24.8 Å². The maximum atomic E-state index is 12.1. The van der Waals surface area contributed by atoms with E-state index in [4.69, 9.17) is 48.5 Å². The number of hydrogen-bond acceptors (Lipinski definition) is 6. The third-order valence-electron chi connectivity index (χ3n) is 4.50. The SMILES string of the molecule is N[C@@H](Cc1ccc(N(CCCl)CCCl)cc1)C(=O)NCCC(O)(P(=O)(O)O)P(=O)(O)O. The van der Waals surface area contributed by atoms with Crippen LogP contribution in [0.1, 0.15) is 12.0 Å². The van der Waals surface area contributed by atoms with Gasteiger partial charge in [0.2, 0.25) is 5.91 Å². The van der Waals surface area contributed by atoms with Crippen LogP contribution in [0.25, 0.3) is 0 Å². The smallest absolute Gasteiger partial charge is 0.369 e. The average molecular weight is 522 g/mol. The molecule has 0 fully saturated rings. The Morgan fingerprint density at radius 1 is 1.06 bits per heavy atom. The monoisotopic (exact) mass is 521 g/mol. The zero-order chi connectivity index (χ0) is 23.9. The Balaban J connectivity index is 2.68. The van der Waals surface area contributed by atoms with E-state index < -0.39 is 45.2 Å². The zero-order valence-corrected chi connectivity index (χ0v) is 19.8. The number of anilines is 1. The lowest BCUT2D eigenvalue weighted by molar-refractivity contribution is -0.122. The minimum absolute atomic E-state index is 0.137. The van der Waals surface area contributed by atoms with Gasteiger partial charge in [-0.25, -0.2) is 0 Å². The molecule has 1 amide bonds. The van der Waals surface area contributed by atoms with Gasteiger partial charge in [-0.2, -0.15) is 0 Å². The summed E-state index contributed by atoms with van der Waals surface area (Å²) >= 11 is 11.6. The fourth-order valence-corrected chi connectivity index (χ4v) is 5.28. The van der Waals surface area contributed by atoms with Crippen LogP contribution in [0.3, 0.4) is 0 Å². The number of nitrogens with two attached hydrogens (primary N) is 1. The molecule has 0 aliphatic rings. The van der Waals surface area contributed by atoms with Crippen LogP contribution < -0.4 is 16.0 Å². The zero-order valence-electron chi connectivity index (χ0n) is 16.5. The van der Waals surface area contributed by atoms with Crippen LogP contribution in [0.4, 0.5) is 5.69 Å². The van der Waals surface area contributed by atoms with E-state index in [-0.39, 0.29) is 6.42 Å². The van der Waals surface area contributed by atoms with Gasteiger partial charge in [0.1, 0.15) is 0 Å². The molecule has 0 saturated heterocycles. The quantitative estimate of drug-likeness (QED) is 0.140. The highest BCUT2D eigenvalue weighted by molar-refractivity contribution is 7.72. The maximum absolute atomic E-state index is 12.1. The molecule has 0 bridgehead atoms. The molecule has 1 atom stereocenters. The van der Waals surface area contributed by atoms with Crippen molar-refractivity contribution in [2.24, 2.45) is 5.73 Å². The lowest BCUT2D eigenvalue weighted by Crippen LogP contribution is -2.44. The van der Waals surface area contributed by atoms with Crippen LogP contribution >= 0.6 is 38.4 Å². The Labute approximate surface area is 189 Å². The van der Waals surface area contributed by atoms with E-state index >= 15 is 0 Å². The Kier molecular flexibility index (Phi) is 10.9. The summed E-state index contributed by atoms with van der Waals surface area (Å²) in [7, 11) is -11.2. The molecule has 0 heterocycles. The van der Waals surface area contributed by atoms with E-state index in [1.807, 2.05) is 17.0 Å². The molecule has 11 nitrogen and oxygen atoms in total. The highest BCUT2D eigenvalue weighted by Crippen LogP contribution is 2.68.